The van der Waals surface area contributed by atoms with Gasteiger partial charge in [0, 0.05) is 19.4 Å². The van der Waals surface area contributed by atoms with Crippen molar-refractivity contribution in [2.45, 2.75) is 82.9 Å². The van der Waals surface area contributed by atoms with Crippen LogP contribution in [0.2, 0.25) is 18.1 Å². The van der Waals surface area contributed by atoms with Gasteiger partial charge < -0.3 is 14.3 Å². The standard InChI is InChI=1S/C23H34O4Si/c1-23(2,28(3,4)25)16-18-9-7-8-17(12-18)13-19-14-20(15-21(19)24)27-22-10-5-6-11-26-22/h7-9,12,14,20,22,25H,5-6,10-11,13,15-16H2,1-4H3/t20-,22?/m0/s1. The highest BCUT2D eigenvalue weighted by Crippen LogP contribution is 2.38. The molecule has 0 bridgehead atoms. The molecule has 1 saturated heterocycles. The highest BCUT2D eigenvalue weighted by atomic mass is 28.4. The first-order valence-corrected chi connectivity index (χ1v) is 13.4. The maximum absolute atomic E-state index is 12.5. The van der Waals surface area contributed by atoms with Crippen LogP contribution in [0.25, 0.3) is 0 Å². The number of Topliss-reactive ketones (excluding diaryl/α,β-unsaturated/α-hetero) is 1. The van der Waals surface area contributed by atoms with Crippen molar-refractivity contribution in [1.82, 2.24) is 0 Å². The fourth-order valence-corrected chi connectivity index (χ4v) is 4.38. The van der Waals surface area contributed by atoms with Gasteiger partial charge in [-0.05, 0) is 66.6 Å². The number of rotatable bonds is 7. The minimum absolute atomic E-state index is 0.104. The van der Waals surface area contributed by atoms with Crippen molar-refractivity contribution in [1.29, 1.82) is 0 Å². The summed E-state index contributed by atoms with van der Waals surface area (Å²) in [7, 11) is -2.26. The summed E-state index contributed by atoms with van der Waals surface area (Å²) in [6.45, 7) is 9.02. The molecular formula is C23H34O4Si. The largest absolute Gasteiger partial charge is 0.432 e. The predicted molar refractivity (Wildman–Crippen MR) is 114 cm³/mol. The van der Waals surface area contributed by atoms with Crippen LogP contribution in [0.3, 0.4) is 0 Å². The highest BCUT2D eigenvalue weighted by molar-refractivity contribution is 6.72. The van der Waals surface area contributed by atoms with E-state index in [-0.39, 0.29) is 23.2 Å². The minimum Gasteiger partial charge on any atom is -0.432 e. The average molecular weight is 403 g/mol. The van der Waals surface area contributed by atoms with Crippen LogP contribution in [-0.4, -0.2) is 37.9 Å². The fraction of sp³-hybridized carbons (Fsp3) is 0.609. The highest BCUT2D eigenvalue weighted by Gasteiger charge is 2.38. The minimum atomic E-state index is -2.26. The Kier molecular flexibility index (Phi) is 6.60. The molecule has 1 aromatic carbocycles. The van der Waals surface area contributed by atoms with Crippen LogP contribution in [0.4, 0.5) is 0 Å². The molecule has 0 radical (unpaired) electrons. The van der Waals surface area contributed by atoms with E-state index in [0.717, 1.165) is 43.4 Å². The Balaban J connectivity index is 1.64. The van der Waals surface area contributed by atoms with E-state index in [1.807, 2.05) is 19.2 Å². The van der Waals surface area contributed by atoms with Crippen molar-refractivity contribution in [3.8, 4) is 0 Å². The van der Waals surface area contributed by atoms with Gasteiger partial charge in [0.25, 0.3) is 0 Å². The molecule has 1 unspecified atom stereocenters. The quantitative estimate of drug-likeness (QED) is 0.679. The Morgan fingerprint density at radius 3 is 2.68 bits per heavy atom. The smallest absolute Gasteiger partial charge is 0.188 e. The number of ketones is 1. The lowest BCUT2D eigenvalue weighted by Gasteiger charge is -2.35. The van der Waals surface area contributed by atoms with Crippen molar-refractivity contribution in [3.05, 3.63) is 47.0 Å². The van der Waals surface area contributed by atoms with E-state index < -0.39 is 8.32 Å². The van der Waals surface area contributed by atoms with E-state index in [2.05, 4.69) is 38.1 Å². The van der Waals surface area contributed by atoms with E-state index in [1.165, 1.54) is 5.56 Å². The Morgan fingerprint density at radius 2 is 2.00 bits per heavy atom. The average Bonchev–Trinajstić information content (AvgIpc) is 2.94. The van der Waals surface area contributed by atoms with Crippen LogP contribution in [0.15, 0.2) is 35.9 Å². The first-order chi connectivity index (χ1) is 13.1. The number of carbonyl (C=O) groups excluding carboxylic acids is 1. The Morgan fingerprint density at radius 1 is 1.25 bits per heavy atom. The molecule has 1 aliphatic heterocycles. The van der Waals surface area contributed by atoms with Gasteiger partial charge in [-0.1, -0.05) is 38.1 Å². The molecule has 28 heavy (non-hydrogen) atoms. The molecule has 0 aromatic heterocycles. The van der Waals surface area contributed by atoms with Gasteiger partial charge in [-0.15, -0.1) is 0 Å². The van der Waals surface area contributed by atoms with Crippen molar-refractivity contribution in [2.75, 3.05) is 6.61 Å². The zero-order valence-electron chi connectivity index (χ0n) is 17.7. The van der Waals surface area contributed by atoms with Gasteiger partial charge in [-0.2, -0.15) is 0 Å². The second kappa shape index (κ2) is 8.62. The summed E-state index contributed by atoms with van der Waals surface area (Å²) in [5, 5.41) is -0.104. The summed E-state index contributed by atoms with van der Waals surface area (Å²) in [5.74, 6) is 0.176. The summed E-state index contributed by atoms with van der Waals surface area (Å²) in [6, 6.07) is 8.41. The first-order valence-electron chi connectivity index (χ1n) is 10.5. The van der Waals surface area contributed by atoms with E-state index >= 15 is 0 Å². The lowest BCUT2D eigenvalue weighted by Crippen LogP contribution is -2.40. The molecule has 1 fully saturated rings. The second-order valence-electron chi connectivity index (χ2n) is 9.41. The Labute approximate surface area is 170 Å². The van der Waals surface area contributed by atoms with E-state index in [4.69, 9.17) is 9.47 Å². The monoisotopic (exact) mass is 402 g/mol. The molecule has 0 spiro atoms. The zero-order chi connectivity index (χ0) is 20.4. The van der Waals surface area contributed by atoms with Gasteiger partial charge in [-0.25, -0.2) is 0 Å². The summed E-state index contributed by atoms with van der Waals surface area (Å²) in [4.78, 5) is 23.0. The molecule has 1 heterocycles. The van der Waals surface area contributed by atoms with Gasteiger partial charge in [0.15, 0.2) is 20.4 Å². The zero-order valence-corrected chi connectivity index (χ0v) is 18.7. The summed E-state index contributed by atoms with van der Waals surface area (Å²) >= 11 is 0. The third-order valence-corrected chi connectivity index (χ3v) is 9.77. The molecule has 3 rings (SSSR count). The molecule has 5 heteroatoms. The molecule has 2 atom stereocenters. The number of carbonyl (C=O) groups is 1. The maximum atomic E-state index is 12.5. The first kappa shape index (κ1) is 21.4. The second-order valence-corrected chi connectivity index (χ2v) is 13.9. The molecule has 4 nitrogen and oxygen atoms in total. The van der Waals surface area contributed by atoms with Crippen LogP contribution >= 0.6 is 0 Å². The van der Waals surface area contributed by atoms with Gasteiger partial charge in [0.1, 0.15) is 0 Å². The van der Waals surface area contributed by atoms with Crippen molar-refractivity contribution >= 4 is 14.1 Å². The summed E-state index contributed by atoms with van der Waals surface area (Å²) < 4.78 is 11.6. The normalized spacial score (nSPS) is 23.8. The Hall–Kier alpha value is -1.27. The number of hydrogen-bond donors (Lipinski definition) is 1. The van der Waals surface area contributed by atoms with Crippen molar-refractivity contribution < 1.29 is 19.1 Å². The SMILES string of the molecule is CC(C)(Cc1cccc(CC2=C[C@H](OC3CCCCO3)CC2=O)c1)[Si](C)(C)O. The lowest BCUT2D eigenvalue weighted by molar-refractivity contribution is -0.178. The lowest BCUT2D eigenvalue weighted by atomic mass is 9.97. The predicted octanol–water partition coefficient (Wildman–Crippen LogP) is 4.56. The van der Waals surface area contributed by atoms with E-state index in [1.54, 1.807) is 0 Å². The van der Waals surface area contributed by atoms with Crippen molar-refractivity contribution in [2.24, 2.45) is 0 Å². The van der Waals surface area contributed by atoms with Crippen LogP contribution in [0.1, 0.15) is 50.7 Å². The molecule has 1 N–H and O–H groups in total. The number of allylic oxidation sites excluding steroid dienone is 1. The molecule has 0 saturated carbocycles. The Bertz CT molecular complexity index is 726. The number of benzene rings is 1. The third kappa shape index (κ3) is 5.41. The third-order valence-electron chi connectivity index (χ3n) is 6.28. The van der Waals surface area contributed by atoms with E-state index in [9.17, 15) is 9.59 Å². The summed E-state index contributed by atoms with van der Waals surface area (Å²) in [6.07, 6.45) is 6.69. The molecule has 0 amide bonds. The summed E-state index contributed by atoms with van der Waals surface area (Å²) in [5.41, 5.74) is 3.19. The van der Waals surface area contributed by atoms with Gasteiger partial charge in [0.05, 0.1) is 6.10 Å². The van der Waals surface area contributed by atoms with Gasteiger partial charge >= 0.3 is 0 Å². The molecular weight excluding hydrogens is 368 g/mol. The maximum Gasteiger partial charge on any atom is 0.188 e. The van der Waals surface area contributed by atoms with Crippen LogP contribution < -0.4 is 0 Å². The topological polar surface area (TPSA) is 55.8 Å². The van der Waals surface area contributed by atoms with Gasteiger partial charge in [0.2, 0.25) is 0 Å². The van der Waals surface area contributed by atoms with Crippen molar-refractivity contribution in [3.63, 3.8) is 0 Å². The van der Waals surface area contributed by atoms with Gasteiger partial charge in [-0.3, -0.25) is 4.79 Å². The molecule has 154 valence electrons. The van der Waals surface area contributed by atoms with E-state index in [0.29, 0.717) is 12.8 Å². The fourth-order valence-electron chi connectivity index (χ4n) is 3.74. The van der Waals surface area contributed by atoms with Crippen LogP contribution in [0.5, 0.6) is 0 Å². The van der Waals surface area contributed by atoms with Crippen LogP contribution in [0, 0.1) is 0 Å². The molecule has 1 aromatic rings. The molecule has 1 aliphatic carbocycles. The number of ether oxygens (including phenoxy) is 2. The van der Waals surface area contributed by atoms with Crippen LogP contribution in [-0.2, 0) is 27.1 Å². The number of hydrogen-bond acceptors (Lipinski definition) is 4. The molecule has 2 aliphatic rings.